The molecule has 0 spiro atoms. The maximum Gasteiger partial charge on any atom is 0.494 e. The lowest BCUT2D eigenvalue weighted by atomic mass is 9.78. The predicted molar refractivity (Wildman–Crippen MR) is 138 cm³/mol. The number of benzene rings is 3. The van der Waals surface area contributed by atoms with Gasteiger partial charge in [-0.3, -0.25) is 0 Å². The lowest BCUT2D eigenvalue weighted by molar-refractivity contribution is -0.140. The Bertz CT molecular complexity index is 1390. The first-order chi connectivity index (χ1) is 16.2. The normalized spacial score (nSPS) is 16.9. The van der Waals surface area contributed by atoms with E-state index in [2.05, 4.69) is 0 Å². The summed E-state index contributed by atoms with van der Waals surface area (Å²) in [6, 6.07) is 14.4. The van der Waals surface area contributed by atoms with Crippen molar-refractivity contribution in [2.75, 3.05) is 4.47 Å². The van der Waals surface area contributed by atoms with E-state index in [9.17, 15) is 13.2 Å². The first kappa shape index (κ1) is 25.8. The quantitative estimate of drug-likeness (QED) is 0.333. The van der Waals surface area contributed by atoms with E-state index < -0.39 is 34.3 Å². The smallest absolute Gasteiger partial charge is 0.399 e. The minimum atomic E-state index is -4.33. The van der Waals surface area contributed by atoms with Gasteiger partial charge in [-0.05, 0) is 74.3 Å². The lowest BCUT2D eigenvalue weighted by Crippen LogP contribution is -2.41. The van der Waals surface area contributed by atoms with Crippen LogP contribution in [0.5, 0.6) is 0 Å². The summed E-state index contributed by atoms with van der Waals surface area (Å²) in [5.74, 6) is -0.807. The van der Waals surface area contributed by atoms with E-state index in [-0.39, 0.29) is 20.6 Å². The lowest BCUT2D eigenvalue weighted by Gasteiger charge is -2.32. The van der Waals surface area contributed by atoms with Crippen molar-refractivity contribution in [1.29, 1.82) is 0 Å². The van der Waals surface area contributed by atoms with Crippen LogP contribution in [0.1, 0.15) is 34.6 Å². The molecule has 1 aliphatic heterocycles. The van der Waals surface area contributed by atoms with Crippen LogP contribution in [0.2, 0.25) is 10.0 Å². The Kier molecular flexibility index (Phi) is 6.61. The van der Waals surface area contributed by atoms with Gasteiger partial charge >= 0.3 is 13.1 Å². The molecular weight excluding hydrogens is 512 g/mol. The largest absolute Gasteiger partial charge is 0.494 e. The molecule has 3 aromatic carbocycles. The molecule has 0 atom stereocenters. The highest BCUT2D eigenvalue weighted by atomic mass is 35.5. The molecule has 0 radical (unpaired) electrons. The van der Waals surface area contributed by atoms with Crippen LogP contribution in [-0.4, -0.2) is 32.7 Å². The van der Waals surface area contributed by atoms with Crippen molar-refractivity contribution in [2.45, 2.75) is 50.7 Å². The third-order valence-electron chi connectivity index (χ3n) is 6.15. The summed E-state index contributed by atoms with van der Waals surface area (Å²) in [6.07, 6.45) is 0. The monoisotopic (exact) mass is 535 g/mol. The maximum atomic E-state index is 13.4. The molecule has 1 saturated heterocycles. The van der Waals surface area contributed by atoms with E-state index in [1.807, 2.05) is 45.9 Å². The molecule has 1 heterocycles. The molecule has 7 nitrogen and oxygen atoms in total. The van der Waals surface area contributed by atoms with Crippen LogP contribution in [-0.2, 0) is 29.0 Å². The standard InChI is InChI=1S/C24H24BCl2NO6S/c1-15(29)32-28(35(30,31)22-13-19(26)12-20(27)14-22)21-9-7-16-10-18(8-6-17(16)11-21)25-33-23(2,3)24(4,5)34-25/h6-14H,1-5H3. The van der Waals surface area contributed by atoms with Crippen LogP contribution in [0.25, 0.3) is 10.8 Å². The van der Waals surface area contributed by atoms with Crippen molar-refractivity contribution >= 4 is 68.2 Å². The van der Waals surface area contributed by atoms with Crippen molar-refractivity contribution in [1.82, 2.24) is 0 Å². The van der Waals surface area contributed by atoms with E-state index in [1.165, 1.54) is 18.2 Å². The molecule has 0 unspecified atom stereocenters. The minimum Gasteiger partial charge on any atom is -0.399 e. The summed E-state index contributed by atoms with van der Waals surface area (Å²) in [5, 5.41) is 1.81. The number of halogens is 2. The van der Waals surface area contributed by atoms with Gasteiger partial charge in [-0.25, -0.2) is 4.79 Å². The molecule has 35 heavy (non-hydrogen) atoms. The second-order valence-corrected chi connectivity index (χ2v) is 11.9. The first-order valence-electron chi connectivity index (χ1n) is 10.8. The Morgan fingerprint density at radius 3 is 2.00 bits per heavy atom. The fraction of sp³-hybridized carbons (Fsp3) is 0.292. The van der Waals surface area contributed by atoms with E-state index in [1.54, 1.807) is 18.2 Å². The highest BCUT2D eigenvalue weighted by Crippen LogP contribution is 2.37. The number of anilines is 1. The van der Waals surface area contributed by atoms with Crippen LogP contribution < -0.4 is 9.93 Å². The van der Waals surface area contributed by atoms with E-state index in [4.69, 9.17) is 37.3 Å². The Labute approximate surface area is 215 Å². The zero-order chi connectivity index (χ0) is 25.8. The molecule has 0 bridgehead atoms. The number of hydrogen-bond acceptors (Lipinski definition) is 6. The number of fused-ring (bicyclic) bond motifs is 1. The molecule has 0 amide bonds. The molecule has 1 aliphatic rings. The SMILES string of the molecule is CC(=O)ON(c1ccc2cc(B3OC(C)(C)C(C)(C)O3)ccc2c1)S(=O)(=O)c1cc(Cl)cc(Cl)c1. The van der Waals surface area contributed by atoms with E-state index >= 15 is 0 Å². The summed E-state index contributed by atoms with van der Waals surface area (Å²) in [5.41, 5.74) is 0.0196. The van der Waals surface area contributed by atoms with Gasteiger partial charge in [0.25, 0.3) is 10.0 Å². The van der Waals surface area contributed by atoms with Gasteiger partial charge in [0.15, 0.2) is 0 Å². The molecular formula is C24H24BCl2NO6S. The molecule has 0 aromatic heterocycles. The van der Waals surface area contributed by atoms with Crippen molar-refractivity contribution < 1.29 is 27.4 Å². The number of carbonyl (C=O) groups is 1. The number of carbonyl (C=O) groups excluding carboxylic acids is 1. The second kappa shape index (κ2) is 8.98. The van der Waals surface area contributed by atoms with Gasteiger partial charge in [0.2, 0.25) is 0 Å². The second-order valence-electron chi connectivity index (χ2n) is 9.30. The Hall–Kier alpha value is -2.30. The molecule has 0 saturated carbocycles. The van der Waals surface area contributed by atoms with Gasteiger partial charge in [0.1, 0.15) is 0 Å². The van der Waals surface area contributed by atoms with Crippen LogP contribution in [0.3, 0.4) is 0 Å². The van der Waals surface area contributed by atoms with Crippen molar-refractivity contribution in [2.24, 2.45) is 0 Å². The Balaban J connectivity index is 1.73. The van der Waals surface area contributed by atoms with Crippen molar-refractivity contribution in [3.05, 3.63) is 64.6 Å². The van der Waals surface area contributed by atoms with Gasteiger partial charge in [0, 0.05) is 17.0 Å². The number of rotatable bonds is 5. The van der Waals surface area contributed by atoms with Crippen LogP contribution in [0, 0.1) is 0 Å². The highest BCUT2D eigenvalue weighted by Gasteiger charge is 2.51. The van der Waals surface area contributed by atoms with Gasteiger partial charge in [0.05, 0.1) is 21.8 Å². The average molecular weight is 536 g/mol. The van der Waals surface area contributed by atoms with Gasteiger partial charge < -0.3 is 14.1 Å². The van der Waals surface area contributed by atoms with Gasteiger partial charge in [-0.15, -0.1) is 0 Å². The Morgan fingerprint density at radius 2 is 1.43 bits per heavy atom. The van der Waals surface area contributed by atoms with E-state index in [0.717, 1.165) is 23.2 Å². The Morgan fingerprint density at radius 1 is 0.886 bits per heavy atom. The molecule has 0 aliphatic carbocycles. The predicted octanol–water partition coefficient (Wildman–Crippen LogP) is 5.12. The van der Waals surface area contributed by atoms with Crippen LogP contribution >= 0.6 is 23.2 Å². The summed E-state index contributed by atoms with van der Waals surface area (Å²) in [7, 11) is -4.86. The summed E-state index contributed by atoms with van der Waals surface area (Å²) >= 11 is 12.0. The van der Waals surface area contributed by atoms with Gasteiger partial charge in [-0.2, -0.15) is 8.42 Å². The molecule has 0 N–H and O–H groups in total. The zero-order valence-corrected chi connectivity index (χ0v) is 22.2. The maximum absolute atomic E-state index is 13.4. The van der Waals surface area contributed by atoms with Crippen molar-refractivity contribution in [3.63, 3.8) is 0 Å². The average Bonchev–Trinajstić information content (AvgIpc) is 2.97. The number of sulfonamides is 1. The number of nitrogens with zero attached hydrogens (tertiary/aromatic N) is 1. The van der Waals surface area contributed by atoms with E-state index in [0.29, 0.717) is 4.47 Å². The molecule has 1 fully saturated rings. The summed E-state index contributed by atoms with van der Waals surface area (Å²) < 4.78 is 39.5. The molecule has 184 valence electrons. The highest BCUT2D eigenvalue weighted by molar-refractivity contribution is 7.92. The topological polar surface area (TPSA) is 82.1 Å². The van der Waals surface area contributed by atoms with Crippen LogP contribution in [0.15, 0.2) is 59.5 Å². The fourth-order valence-electron chi connectivity index (χ4n) is 3.62. The third-order valence-corrected chi connectivity index (χ3v) is 8.14. The zero-order valence-electron chi connectivity index (χ0n) is 19.8. The third kappa shape index (κ3) is 5.01. The fourth-order valence-corrected chi connectivity index (χ4v) is 5.61. The first-order valence-corrected chi connectivity index (χ1v) is 13.0. The molecule has 4 rings (SSSR count). The number of hydrogen-bond donors (Lipinski definition) is 0. The molecule has 11 heteroatoms. The van der Waals surface area contributed by atoms with Crippen LogP contribution in [0.4, 0.5) is 5.69 Å². The minimum absolute atomic E-state index is 0.132. The summed E-state index contributed by atoms with van der Waals surface area (Å²) in [4.78, 5) is 16.7. The molecule has 3 aromatic rings. The summed E-state index contributed by atoms with van der Waals surface area (Å²) in [6.45, 7) is 9.05. The van der Waals surface area contributed by atoms with Gasteiger partial charge in [-0.1, -0.05) is 51.9 Å². The van der Waals surface area contributed by atoms with Crippen molar-refractivity contribution in [3.8, 4) is 0 Å².